The molecule has 0 aliphatic carbocycles. The van der Waals surface area contributed by atoms with Gasteiger partial charge in [0.05, 0.1) is 16.8 Å². The van der Waals surface area contributed by atoms with E-state index in [0.29, 0.717) is 0 Å². The molecule has 0 radical (unpaired) electrons. The number of rotatable bonds is 6. The Bertz CT molecular complexity index is 1480. The highest BCUT2D eigenvalue weighted by atomic mass is 127. The predicted molar refractivity (Wildman–Crippen MR) is 153 cm³/mol. The van der Waals surface area contributed by atoms with Crippen LogP contribution < -0.4 is 38.7 Å². The molecule has 0 spiro atoms. The number of hydrogen-bond acceptors (Lipinski definition) is 4. The zero-order valence-electron chi connectivity index (χ0n) is 20.9. The molecule has 2 unspecified atom stereocenters. The molecule has 1 aromatic heterocycles. The summed E-state index contributed by atoms with van der Waals surface area (Å²) in [5, 5.41) is 1.06. The molecule has 4 nitrogen and oxygen atoms in total. The fourth-order valence-electron chi connectivity index (χ4n) is 5.05. The smallest absolute Gasteiger partial charge is 0.193 e. The lowest BCUT2D eigenvalue weighted by molar-refractivity contribution is -0.843. The number of halogens is 1. The molecule has 2 atom stereocenters. The van der Waals surface area contributed by atoms with Crippen LogP contribution in [0.25, 0.3) is 20.8 Å². The number of quaternary nitrogens is 1. The fraction of sp³-hybridized carbons (Fsp3) is 0.129. The Morgan fingerprint density at radius 2 is 1.62 bits per heavy atom. The quantitative estimate of drug-likeness (QED) is 0.295. The monoisotopic (exact) mass is 616 g/mol. The van der Waals surface area contributed by atoms with E-state index >= 15 is 0 Å². The Kier molecular flexibility index (Phi) is 7.60. The number of thiazole rings is 1. The summed E-state index contributed by atoms with van der Waals surface area (Å²) in [4.78, 5) is 11.0. The molecule has 0 bridgehead atoms. The van der Waals surface area contributed by atoms with Crippen LogP contribution in [0.4, 0.5) is 22.7 Å². The minimum Gasteiger partial charge on any atom is -1.00 e. The first kappa shape index (κ1) is 25.4. The molecule has 0 fully saturated rings. The SMILES string of the molecule is CC[NH+]1c2ccc(-c3nc4ccccc4s3)cc2N(c2ccccc2)C1/C=C/N(C)c1ccccc1.[I-]. The van der Waals surface area contributed by atoms with Crippen molar-refractivity contribution in [1.29, 1.82) is 0 Å². The van der Waals surface area contributed by atoms with Crippen LogP contribution in [0.3, 0.4) is 0 Å². The van der Waals surface area contributed by atoms with E-state index in [2.05, 4.69) is 139 Å². The molecule has 1 aliphatic rings. The molecule has 1 aliphatic heterocycles. The second kappa shape index (κ2) is 11.0. The molecule has 2 heterocycles. The van der Waals surface area contributed by atoms with Crippen molar-refractivity contribution in [2.75, 3.05) is 23.4 Å². The molecule has 1 N–H and O–H groups in total. The van der Waals surface area contributed by atoms with E-state index in [1.807, 2.05) is 0 Å². The zero-order chi connectivity index (χ0) is 24.5. The zero-order valence-corrected chi connectivity index (χ0v) is 23.9. The van der Waals surface area contributed by atoms with E-state index in [-0.39, 0.29) is 30.1 Å². The van der Waals surface area contributed by atoms with E-state index in [1.54, 1.807) is 11.3 Å². The highest BCUT2D eigenvalue weighted by molar-refractivity contribution is 7.21. The number of likely N-dealkylation sites (N-methyl/N-ethyl adjacent to an activating group) is 1. The van der Waals surface area contributed by atoms with Crippen LogP contribution >= 0.6 is 11.3 Å². The summed E-state index contributed by atoms with van der Waals surface area (Å²) in [6.45, 7) is 3.25. The number of nitrogens with one attached hydrogen (secondary N) is 1. The highest BCUT2D eigenvalue weighted by Crippen LogP contribution is 2.40. The highest BCUT2D eigenvalue weighted by Gasteiger charge is 2.39. The molecule has 6 rings (SSSR count). The average molecular weight is 617 g/mol. The van der Waals surface area contributed by atoms with Gasteiger partial charge in [0.25, 0.3) is 0 Å². The van der Waals surface area contributed by atoms with E-state index in [4.69, 9.17) is 4.98 Å². The Morgan fingerprint density at radius 1 is 0.919 bits per heavy atom. The van der Waals surface area contributed by atoms with Crippen LogP contribution in [0.15, 0.2) is 115 Å². The third-order valence-corrected chi connectivity index (χ3v) is 7.94. The minimum absolute atomic E-state index is 0. The Hall–Kier alpha value is -3.20. The lowest BCUT2D eigenvalue weighted by Crippen LogP contribution is -3.10. The van der Waals surface area contributed by atoms with E-state index in [1.165, 1.54) is 32.3 Å². The van der Waals surface area contributed by atoms with Crippen molar-refractivity contribution in [3.8, 4) is 10.6 Å². The van der Waals surface area contributed by atoms with Crippen molar-refractivity contribution in [2.45, 2.75) is 13.1 Å². The van der Waals surface area contributed by atoms with E-state index in [0.717, 1.165) is 22.6 Å². The Balaban J connectivity index is 0.00000280. The molecule has 37 heavy (non-hydrogen) atoms. The molecule has 0 saturated heterocycles. The van der Waals surface area contributed by atoms with Crippen LogP contribution in [-0.2, 0) is 0 Å². The van der Waals surface area contributed by atoms with E-state index < -0.39 is 0 Å². The first-order valence-corrected chi connectivity index (χ1v) is 13.2. The summed E-state index contributed by atoms with van der Waals surface area (Å²) in [5.41, 5.74) is 7.16. The van der Waals surface area contributed by atoms with Crippen molar-refractivity contribution in [3.05, 3.63) is 115 Å². The van der Waals surface area contributed by atoms with Crippen LogP contribution in [0.1, 0.15) is 6.92 Å². The number of nitrogens with zero attached hydrogens (tertiary/aromatic N) is 3. The summed E-state index contributed by atoms with van der Waals surface area (Å²) >= 11 is 1.75. The molecule has 5 aromatic rings. The first-order valence-electron chi connectivity index (χ1n) is 12.4. The molecular weight excluding hydrogens is 587 g/mol. The third-order valence-electron chi connectivity index (χ3n) is 6.85. The van der Waals surface area contributed by atoms with Crippen LogP contribution in [0, 0.1) is 0 Å². The molecule has 0 saturated carbocycles. The van der Waals surface area contributed by atoms with Crippen molar-refractivity contribution in [3.63, 3.8) is 0 Å². The molecule has 0 amide bonds. The summed E-state index contributed by atoms with van der Waals surface area (Å²) in [6, 6.07) is 36.4. The first-order chi connectivity index (χ1) is 17.7. The van der Waals surface area contributed by atoms with Gasteiger partial charge in [0.2, 0.25) is 0 Å². The fourth-order valence-corrected chi connectivity index (χ4v) is 6.01. The summed E-state index contributed by atoms with van der Waals surface area (Å²) < 4.78 is 1.22. The second-order valence-electron chi connectivity index (χ2n) is 9.04. The average Bonchev–Trinajstić information content (AvgIpc) is 3.51. The van der Waals surface area contributed by atoms with Gasteiger partial charge in [0, 0.05) is 42.3 Å². The maximum absolute atomic E-state index is 4.93. The Labute approximate surface area is 239 Å². The number of anilines is 3. The second-order valence-corrected chi connectivity index (χ2v) is 10.1. The van der Waals surface area contributed by atoms with Gasteiger partial charge >= 0.3 is 0 Å². The van der Waals surface area contributed by atoms with Gasteiger partial charge in [-0.25, -0.2) is 4.98 Å². The van der Waals surface area contributed by atoms with Crippen molar-refractivity contribution < 1.29 is 28.9 Å². The summed E-state index contributed by atoms with van der Waals surface area (Å²) in [6.07, 6.45) is 4.67. The van der Waals surface area contributed by atoms with Crippen molar-refractivity contribution in [2.24, 2.45) is 0 Å². The number of hydrogen-bond donors (Lipinski definition) is 1. The van der Waals surface area contributed by atoms with Crippen LogP contribution in [0.5, 0.6) is 0 Å². The largest absolute Gasteiger partial charge is 1.00 e. The summed E-state index contributed by atoms with van der Waals surface area (Å²) in [7, 11) is 2.11. The van der Waals surface area contributed by atoms with Crippen molar-refractivity contribution in [1.82, 2.24) is 4.98 Å². The number of aromatic nitrogens is 1. The third kappa shape index (κ3) is 4.89. The topological polar surface area (TPSA) is 23.8 Å². The van der Waals surface area contributed by atoms with Crippen molar-refractivity contribution >= 4 is 44.3 Å². The van der Waals surface area contributed by atoms with Gasteiger partial charge in [-0.2, -0.15) is 0 Å². The number of benzene rings is 4. The maximum atomic E-state index is 4.93. The normalized spacial score (nSPS) is 16.6. The standard InChI is InChI=1S/C31H28N4S.HI/c1-3-34-27-19-18-23(31-32-26-16-10-11-17-29(26)36-31)22-28(27)35(25-14-8-5-9-15-25)30(34)20-21-33(2)24-12-6-4-7-13-24;/h4-22,30H,3H2,1-2H3;1H/b21-20+;. The van der Waals surface area contributed by atoms with Crippen LogP contribution in [0.2, 0.25) is 0 Å². The summed E-state index contributed by atoms with van der Waals surface area (Å²) in [5.74, 6) is 0. The van der Waals surface area contributed by atoms with Gasteiger partial charge < -0.3 is 28.9 Å². The van der Waals surface area contributed by atoms with Gasteiger partial charge in [-0.05, 0) is 55.5 Å². The maximum Gasteiger partial charge on any atom is 0.193 e. The molecule has 186 valence electrons. The van der Waals surface area contributed by atoms with Crippen LogP contribution in [-0.4, -0.2) is 24.7 Å². The van der Waals surface area contributed by atoms with Gasteiger partial charge in [-0.15, -0.1) is 11.3 Å². The van der Waals surface area contributed by atoms with E-state index in [9.17, 15) is 0 Å². The molecule has 6 heteroatoms. The van der Waals surface area contributed by atoms with Gasteiger partial charge in [0.1, 0.15) is 10.7 Å². The lowest BCUT2D eigenvalue weighted by Gasteiger charge is -2.26. The van der Waals surface area contributed by atoms with Gasteiger partial charge in [-0.1, -0.05) is 48.5 Å². The molecular formula is C31H29IN4S. The minimum atomic E-state index is 0. The number of para-hydroxylation sites is 3. The number of fused-ring (bicyclic) bond motifs is 2. The predicted octanol–water partition coefficient (Wildman–Crippen LogP) is 3.63. The molecule has 4 aromatic carbocycles. The lowest BCUT2D eigenvalue weighted by atomic mass is 10.1. The van der Waals surface area contributed by atoms with Gasteiger partial charge in [0.15, 0.2) is 11.9 Å². The Morgan fingerprint density at radius 3 is 2.35 bits per heavy atom. The van der Waals surface area contributed by atoms with Gasteiger partial charge in [-0.3, -0.25) is 9.80 Å².